The minimum atomic E-state index is 0.283. The molecule has 0 bridgehead atoms. The summed E-state index contributed by atoms with van der Waals surface area (Å²) < 4.78 is 12.1. The Morgan fingerprint density at radius 2 is 2.30 bits per heavy atom. The molecule has 1 aromatic carbocycles. The fourth-order valence-corrected chi connectivity index (χ4v) is 2.82. The second-order valence-electron chi connectivity index (χ2n) is 5.04. The van der Waals surface area contributed by atoms with Crippen LogP contribution in [0.3, 0.4) is 0 Å². The van der Waals surface area contributed by atoms with Crippen LogP contribution in [0.4, 0.5) is 0 Å². The van der Waals surface area contributed by atoms with E-state index in [1.54, 1.807) is 0 Å². The van der Waals surface area contributed by atoms with Crippen LogP contribution < -0.4 is 10.1 Å². The highest BCUT2D eigenvalue weighted by atomic mass is 79.9. The monoisotopic (exact) mass is 336 g/mol. The van der Waals surface area contributed by atoms with Crippen molar-refractivity contribution >= 4 is 15.9 Å². The molecule has 1 unspecified atom stereocenters. The molecule has 1 aliphatic rings. The maximum atomic E-state index is 5.81. The minimum absolute atomic E-state index is 0.283. The number of halogens is 1. The molecule has 1 N–H and O–H groups in total. The summed E-state index contributed by atoms with van der Waals surface area (Å²) in [7, 11) is 0. The lowest BCUT2D eigenvalue weighted by Crippen LogP contribution is -2.20. The molecule has 2 heterocycles. The highest BCUT2D eigenvalue weighted by molar-refractivity contribution is 9.10. The molecule has 5 heteroatoms. The number of nitrogens with one attached hydrogen (secondary N) is 1. The van der Waals surface area contributed by atoms with Gasteiger partial charge in [-0.3, -0.25) is 0 Å². The Morgan fingerprint density at radius 3 is 3.10 bits per heavy atom. The van der Waals surface area contributed by atoms with Crippen molar-refractivity contribution in [1.82, 2.24) is 10.5 Å². The summed E-state index contributed by atoms with van der Waals surface area (Å²) in [4.78, 5) is 0. The lowest BCUT2D eigenvalue weighted by molar-refractivity contribution is 0.314. The van der Waals surface area contributed by atoms with Crippen molar-refractivity contribution in [3.05, 3.63) is 45.8 Å². The van der Waals surface area contributed by atoms with Gasteiger partial charge in [0, 0.05) is 22.1 Å². The number of rotatable bonds is 3. The minimum Gasteiger partial charge on any atom is -0.493 e. The maximum absolute atomic E-state index is 5.81. The van der Waals surface area contributed by atoms with Gasteiger partial charge in [0.15, 0.2) is 5.76 Å². The standard InChI is InChI=1S/C15H17BrN2O2/c1-10-7-12(20-18-10)9-17-14-3-2-6-19-15-8-11(16)4-5-13(14)15/h4-5,7-8,14,17H,2-3,6,9H2,1H3. The van der Waals surface area contributed by atoms with Crippen LogP contribution in [-0.2, 0) is 6.54 Å². The Kier molecular flexibility index (Phi) is 4.08. The zero-order valence-electron chi connectivity index (χ0n) is 11.4. The summed E-state index contributed by atoms with van der Waals surface area (Å²) in [5.74, 6) is 1.83. The van der Waals surface area contributed by atoms with Gasteiger partial charge in [-0.05, 0) is 31.9 Å². The highest BCUT2D eigenvalue weighted by Gasteiger charge is 2.20. The molecule has 4 nitrogen and oxygen atoms in total. The van der Waals surface area contributed by atoms with Gasteiger partial charge >= 0.3 is 0 Å². The van der Waals surface area contributed by atoms with Crippen LogP contribution in [0.15, 0.2) is 33.3 Å². The molecule has 106 valence electrons. The van der Waals surface area contributed by atoms with E-state index in [2.05, 4.69) is 38.5 Å². The summed E-state index contributed by atoms with van der Waals surface area (Å²) >= 11 is 3.49. The van der Waals surface area contributed by atoms with Crippen LogP contribution in [0.2, 0.25) is 0 Å². The van der Waals surface area contributed by atoms with E-state index in [1.807, 2.05) is 19.1 Å². The Labute approximate surface area is 126 Å². The van der Waals surface area contributed by atoms with E-state index >= 15 is 0 Å². The quantitative estimate of drug-likeness (QED) is 0.927. The number of nitrogens with zero attached hydrogens (tertiary/aromatic N) is 1. The summed E-state index contributed by atoms with van der Waals surface area (Å²) in [5, 5.41) is 7.45. The third-order valence-electron chi connectivity index (χ3n) is 3.45. The van der Waals surface area contributed by atoms with E-state index in [-0.39, 0.29) is 6.04 Å². The molecule has 2 aromatic rings. The molecule has 0 spiro atoms. The SMILES string of the molecule is Cc1cc(CNC2CCCOc3cc(Br)ccc32)on1. The molecule has 0 radical (unpaired) electrons. The molecule has 1 aromatic heterocycles. The van der Waals surface area contributed by atoms with E-state index in [1.165, 1.54) is 5.56 Å². The van der Waals surface area contributed by atoms with Crippen LogP contribution in [0.1, 0.15) is 35.9 Å². The molecular formula is C15H17BrN2O2. The van der Waals surface area contributed by atoms with Gasteiger partial charge in [-0.2, -0.15) is 0 Å². The van der Waals surface area contributed by atoms with Crippen molar-refractivity contribution in [3.8, 4) is 5.75 Å². The van der Waals surface area contributed by atoms with Crippen LogP contribution in [0.5, 0.6) is 5.75 Å². The van der Waals surface area contributed by atoms with E-state index in [0.717, 1.165) is 41.1 Å². The maximum Gasteiger partial charge on any atom is 0.150 e. The first kappa shape index (κ1) is 13.6. The number of hydrogen-bond donors (Lipinski definition) is 1. The normalized spacial score (nSPS) is 18.2. The zero-order chi connectivity index (χ0) is 13.9. The topological polar surface area (TPSA) is 47.3 Å². The van der Waals surface area contributed by atoms with E-state index in [0.29, 0.717) is 6.54 Å². The van der Waals surface area contributed by atoms with Gasteiger partial charge in [0.2, 0.25) is 0 Å². The predicted octanol–water partition coefficient (Wildman–Crippen LogP) is 3.75. The molecule has 1 atom stereocenters. The van der Waals surface area contributed by atoms with Gasteiger partial charge in [0.25, 0.3) is 0 Å². The number of aromatic nitrogens is 1. The number of hydrogen-bond acceptors (Lipinski definition) is 4. The van der Waals surface area contributed by atoms with Crippen LogP contribution in [0, 0.1) is 6.92 Å². The summed E-state index contributed by atoms with van der Waals surface area (Å²) in [6, 6.07) is 8.46. The summed E-state index contributed by atoms with van der Waals surface area (Å²) in [6.45, 7) is 3.38. The number of benzene rings is 1. The second-order valence-corrected chi connectivity index (χ2v) is 5.96. The molecule has 0 saturated carbocycles. The summed E-state index contributed by atoms with van der Waals surface area (Å²) in [5.41, 5.74) is 2.12. The first-order chi connectivity index (χ1) is 9.72. The molecule has 0 aliphatic carbocycles. The molecule has 1 aliphatic heterocycles. The second kappa shape index (κ2) is 5.97. The fraction of sp³-hybridized carbons (Fsp3) is 0.400. The van der Waals surface area contributed by atoms with Crippen molar-refractivity contribution in [2.75, 3.05) is 6.61 Å². The largest absolute Gasteiger partial charge is 0.493 e. The van der Waals surface area contributed by atoms with E-state index in [4.69, 9.17) is 9.26 Å². The fourth-order valence-electron chi connectivity index (χ4n) is 2.48. The lowest BCUT2D eigenvalue weighted by atomic mass is 10.0. The third kappa shape index (κ3) is 3.04. The van der Waals surface area contributed by atoms with Crippen LogP contribution in [0.25, 0.3) is 0 Å². The van der Waals surface area contributed by atoms with Crippen molar-refractivity contribution in [1.29, 1.82) is 0 Å². The number of fused-ring (bicyclic) bond motifs is 1. The van der Waals surface area contributed by atoms with Gasteiger partial charge in [-0.15, -0.1) is 0 Å². The summed E-state index contributed by atoms with van der Waals surface area (Å²) in [6.07, 6.45) is 2.10. The number of ether oxygens (including phenoxy) is 1. The number of aryl methyl sites for hydroxylation is 1. The van der Waals surface area contributed by atoms with Gasteiger partial charge in [0.1, 0.15) is 5.75 Å². The molecule has 0 fully saturated rings. The Balaban J connectivity index is 1.76. The van der Waals surface area contributed by atoms with Crippen molar-refractivity contribution in [2.24, 2.45) is 0 Å². The van der Waals surface area contributed by atoms with Gasteiger partial charge in [-0.25, -0.2) is 0 Å². The molecule has 0 amide bonds. The molecule has 0 saturated heterocycles. The van der Waals surface area contributed by atoms with Gasteiger partial charge < -0.3 is 14.6 Å². The van der Waals surface area contributed by atoms with Crippen molar-refractivity contribution < 1.29 is 9.26 Å². The predicted molar refractivity (Wildman–Crippen MR) is 79.7 cm³/mol. The Bertz CT molecular complexity index is 597. The Morgan fingerprint density at radius 1 is 1.40 bits per heavy atom. The van der Waals surface area contributed by atoms with Crippen molar-refractivity contribution in [2.45, 2.75) is 32.4 Å². The molecule has 20 heavy (non-hydrogen) atoms. The lowest BCUT2D eigenvalue weighted by Gasteiger charge is -2.17. The smallest absolute Gasteiger partial charge is 0.150 e. The van der Waals surface area contributed by atoms with E-state index < -0.39 is 0 Å². The first-order valence-electron chi connectivity index (χ1n) is 6.80. The molecular weight excluding hydrogens is 320 g/mol. The van der Waals surface area contributed by atoms with Gasteiger partial charge in [-0.1, -0.05) is 27.2 Å². The zero-order valence-corrected chi connectivity index (χ0v) is 12.9. The third-order valence-corrected chi connectivity index (χ3v) is 3.94. The van der Waals surface area contributed by atoms with Crippen LogP contribution in [-0.4, -0.2) is 11.8 Å². The van der Waals surface area contributed by atoms with Gasteiger partial charge in [0.05, 0.1) is 18.8 Å². The van der Waals surface area contributed by atoms with E-state index in [9.17, 15) is 0 Å². The average molecular weight is 337 g/mol. The first-order valence-corrected chi connectivity index (χ1v) is 7.59. The average Bonchev–Trinajstić information content (AvgIpc) is 2.74. The Hall–Kier alpha value is -1.33. The van der Waals surface area contributed by atoms with Crippen molar-refractivity contribution in [3.63, 3.8) is 0 Å². The highest BCUT2D eigenvalue weighted by Crippen LogP contribution is 2.33. The van der Waals surface area contributed by atoms with Crippen LogP contribution >= 0.6 is 15.9 Å². The molecule has 3 rings (SSSR count).